The molecule has 15 heavy (non-hydrogen) atoms. The summed E-state index contributed by atoms with van der Waals surface area (Å²) in [5.74, 6) is 0. The molecule has 0 aliphatic carbocycles. The molecule has 0 amide bonds. The number of rotatable bonds is 1. The molecular weight excluding hydrogens is 261 g/mol. The van der Waals surface area contributed by atoms with Gasteiger partial charge in [-0.1, -0.05) is 12.1 Å². The van der Waals surface area contributed by atoms with E-state index in [0.717, 1.165) is 0 Å². The molecule has 0 heterocycles. The summed E-state index contributed by atoms with van der Waals surface area (Å²) in [6.07, 6.45) is 0. The van der Waals surface area contributed by atoms with Crippen LogP contribution in [-0.2, 0) is 26.2 Å². The van der Waals surface area contributed by atoms with Gasteiger partial charge < -0.3 is 19.8 Å². The second-order valence-corrected chi connectivity index (χ2v) is 3.23. The van der Waals surface area contributed by atoms with Gasteiger partial charge in [0.05, 0.1) is 0 Å². The second kappa shape index (κ2) is 6.90. The summed E-state index contributed by atoms with van der Waals surface area (Å²) in [6, 6.07) is 12.9. The van der Waals surface area contributed by atoms with Crippen molar-refractivity contribution in [1.29, 1.82) is 0 Å². The number of benzene rings is 1. The third kappa shape index (κ3) is 3.53. The average Bonchev–Trinajstić information content (AvgIpc) is 2.49. The van der Waals surface area contributed by atoms with Crippen LogP contribution in [0.2, 0.25) is 0 Å². The molecule has 2 rings (SSSR count). The fourth-order valence-corrected chi connectivity index (χ4v) is 1.39. The van der Waals surface area contributed by atoms with Gasteiger partial charge in [-0.3, -0.25) is 0 Å². The Morgan fingerprint density at radius 1 is 1.07 bits per heavy atom. The van der Waals surface area contributed by atoms with E-state index in [1.54, 1.807) is 0 Å². The second-order valence-electron chi connectivity index (χ2n) is 3.23. The van der Waals surface area contributed by atoms with Gasteiger partial charge in [0.15, 0.2) is 0 Å². The molecule has 2 heteroatoms. The molecule has 0 spiro atoms. The van der Waals surface area contributed by atoms with Crippen molar-refractivity contribution >= 4 is 16.5 Å². The summed E-state index contributed by atoms with van der Waals surface area (Å²) in [5, 5.41) is 2.64. The molecule has 0 saturated heterocycles. The average molecular weight is 280 g/mol. The first-order valence-electron chi connectivity index (χ1n) is 4.10. The van der Waals surface area contributed by atoms with Crippen LogP contribution in [0.4, 0.5) is 5.69 Å². The van der Waals surface area contributed by atoms with Crippen LogP contribution in [0, 0.1) is 14.9 Å². The van der Waals surface area contributed by atoms with E-state index in [1.165, 1.54) is 16.5 Å². The zero-order chi connectivity index (χ0) is 8.55. The number of nitrogens with zero attached hydrogens (tertiary/aromatic N) is 1. The molecule has 79 valence electrons. The van der Waals surface area contributed by atoms with E-state index >= 15 is 0 Å². The van der Waals surface area contributed by atoms with Crippen molar-refractivity contribution in [3.05, 3.63) is 51.3 Å². The Hall–Kier alpha value is -0.487. The number of hydrogen-bond acceptors (Lipinski definition) is 1. The maximum Gasteiger partial charge on any atom is 3.00 e. The zero-order valence-corrected chi connectivity index (χ0v) is 12.4. The van der Waals surface area contributed by atoms with Gasteiger partial charge in [0.2, 0.25) is 0 Å². The topological polar surface area (TPSA) is 3.24 Å². The maximum absolute atomic E-state index is 2.20. The van der Waals surface area contributed by atoms with Crippen molar-refractivity contribution in [3.63, 3.8) is 0 Å². The molecule has 0 bridgehead atoms. The van der Waals surface area contributed by atoms with Gasteiger partial charge in [0, 0.05) is 19.8 Å². The Balaban J connectivity index is 0. The molecule has 0 fully saturated rings. The fraction of sp³-hybridized carbons (Fsp3) is 0.154. The van der Waals surface area contributed by atoms with Crippen molar-refractivity contribution in [2.45, 2.75) is 0 Å². The Morgan fingerprint density at radius 2 is 1.73 bits per heavy atom. The van der Waals surface area contributed by atoms with Gasteiger partial charge in [0.1, 0.15) is 0 Å². The number of anilines is 1. The summed E-state index contributed by atoms with van der Waals surface area (Å²) >= 11 is 0. The van der Waals surface area contributed by atoms with Gasteiger partial charge in [-0.25, -0.2) is 0 Å². The van der Waals surface area contributed by atoms with Crippen molar-refractivity contribution in [2.24, 2.45) is 0 Å². The van der Waals surface area contributed by atoms with Crippen molar-refractivity contribution in [3.8, 4) is 0 Å². The Bertz CT molecular complexity index is 390. The fourth-order valence-electron chi connectivity index (χ4n) is 1.39. The van der Waals surface area contributed by atoms with Crippen LogP contribution >= 0.6 is 0 Å². The molecule has 0 aliphatic heterocycles. The molecule has 0 unspecified atom stereocenters. The Kier molecular flexibility index (Phi) is 7.78. The molecule has 0 aliphatic rings. The maximum atomic E-state index is 2.20. The predicted molar refractivity (Wildman–Crippen MR) is 66.7 cm³/mol. The summed E-state index contributed by atoms with van der Waals surface area (Å²) in [5.41, 5.74) is 1.26. The standard InChI is InChI=1S/C11H12N.2CH3.Zr/c1-12(2)11-7-6-9-4-3-5-10(9)8-11;;;/h3-8H,1-2H3;2*1H3;/q3*-1;+3. The SMILES string of the molecule is CN(C)c1ccc2[cH-]ccc2c1.[CH3-].[CH3-].[Zr+3]. The Labute approximate surface area is 113 Å². The molecule has 1 radical (unpaired) electrons. The normalized spacial score (nSPS) is 8.40. The molecule has 0 saturated carbocycles. The van der Waals surface area contributed by atoms with Crippen molar-refractivity contribution in [2.75, 3.05) is 19.0 Å². The molecule has 0 N–H and O–H groups in total. The van der Waals surface area contributed by atoms with Crippen molar-refractivity contribution in [1.82, 2.24) is 0 Å². The van der Waals surface area contributed by atoms with Gasteiger partial charge in [-0.2, -0.15) is 17.5 Å². The zero-order valence-electron chi connectivity index (χ0n) is 9.91. The van der Waals surface area contributed by atoms with E-state index < -0.39 is 0 Å². The molecule has 1 nitrogen and oxygen atoms in total. The monoisotopic (exact) mass is 278 g/mol. The molecule has 2 aromatic carbocycles. The van der Waals surface area contributed by atoms with Crippen LogP contribution < -0.4 is 4.90 Å². The van der Waals surface area contributed by atoms with Crippen LogP contribution in [-0.4, -0.2) is 14.1 Å². The minimum Gasteiger partial charge on any atom is -0.379 e. The largest absolute Gasteiger partial charge is 3.00 e. The van der Waals surface area contributed by atoms with Crippen LogP contribution in [0.5, 0.6) is 0 Å². The summed E-state index contributed by atoms with van der Waals surface area (Å²) in [7, 11) is 4.12. The predicted octanol–water partition coefficient (Wildman–Crippen LogP) is 3.52. The van der Waals surface area contributed by atoms with E-state index in [-0.39, 0.29) is 41.1 Å². The van der Waals surface area contributed by atoms with Crippen LogP contribution in [0.25, 0.3) is 10.8 Å². The minimum atomic E-state index is 0. The summed E-state index contributed by atoms with van der Waals surface area (Å²) in [6.45, 7) is 0. The first-order valence-corrected chi connectivity index (χ1v) is 4.10. The van der Waals surface area contributed by atoms with E-state index in [0.29, 0.717) is 0 Å². The quantitative estimate of drug-likeness (QED) is 0.722. The molecule has 0 aromatic heterocycles. The smallest absolute Gasteiger partial charge is 0.379 e. The summed E-state index contributed by atoms with van der Waals surface area (Å²) < 4.78 is 0. The van der Waals surface area contributed by atoms with E-state index in [9.17, 15) is 0 Å². The van der Waals surface area contributed by atoms with Crippen LogP contribution in [0.1, 0.15) is 0 Å². The van der Waals surface area contributed by atoms with Crippen LogP contribution in [0.15, 0.2) is 36.4 Å². The Morgan fingerprint density at radius 3 is 2.33 bits per heavy atom. The van der Waals surface area contributed by atoms with E-state index in [4.69, 9.17) is 0 Å². The first-order chi connectivity index (χ1) is 5.77. The molecular formula is C13H18NZr. The number of fused-ring (bicyclic) bond motifs is 1. The van der Waals surface area contributed by atoms with Gasteiger partial charge in [0.25, 0.3) is 0 Å². The van der Waals surface area contributed by atoms with E-state index in [2.05, 4.69) is 55.4 Å². The van der Waals surface area contributed by atoms with Gasteiger partial charge in [-0.05, 0) is 0 Å². The van der Waals surface area contributed by atoms with E-state index in [1.807, 2.05) is 0 Å². The van der Waals surface area contributed by atoms with Crippen LogP contribution in [0.3, 0.4) is 0 Å². The first kappa shape index (κ1) is 16.9. The third-order valence-corrected chi connectivity index (χ3v) is 2.14. The summed E-state index contributed by atoms with van der Waals surface area (Å²) in [4.78, 5) is 2.12. The van der Waals surface area contributed by atoms with Gasteiger partial charge >= 0.3 is 26.2 Å². The minimum absolute atomic E-state index is 0. The third-order valence-electron chi connectivity index (χ3n) is 2.14. The van der Waals surface area contributed by atoms with Gasteiger partial charge in [-0.15, -0.1) is 17.5 Å². The van der Waals surface area contributed by atoms with Crippen molar-refractivity contribution < 1.29 is 26.2 Å². The molecule has 2 aromatic rings. The molecule has 0 atom stereocenters. The number of hydrogen-bond donors (Lipinski definition) is 0.